The Morgan fingerprint density at radius 1 is 1.00 bits per heavy atom. The Labute approximate surface area is 112 Å². The lowest BCUT2D eigenvalue weighted by atomic mass is 9.73. The van der Waals surface area contributed by atoms with Gasteiger partial charge in [0.15, 0.2) is 5.60 Å². The third-order valence-corrected chi connectivity index (χ3v) is 3.77. The van der Waals surface area contributed by atoms with Gasteiger partial charge in [-0.25, -0.2) is 0 Å². The van der Waals surface area contributed by atoms with Gasteiger partial charge < -0.3 is 5.11 Å². The van der Waals surface area contributed by atoms with Crippen molar-refractivity contribution < 1.29 is 5.11 Å². The Hall–Kier alpha value is -1.04. The summed E-state index contributed by atoms with van der Waals surface area (Å²) in [5.74, 6) is 3.16. The van der Waals surface area contributed by atoms with Crippen LogP contribution in [0.5, 0.6) is 0 Å². The summed E-state index contributed by atoms with van der Waals surface area (Å²) in [6.07, 6.45) is 0. The fourth-order valence-corrected chi connectivity index (χ4v) is 2.21. The van der Waals surface area contributed by atoms with E-state index in [4.69, 9.17) is 0 Å². The van der Waals surface area contributed by atoms with E-state index in [1.807, 2.05) is 51.1 Å². The predicted molar refractivity (Wildman–Crippen MR) is 80.9 cm³/mol. The summed E-state index contributed by atoms with van der Waals surface area (Å²) in [6, 6.07) is 9.75. The Morgan fingerprint density at radius 2 is 1.50 bits per heavy atom. The van der Waals surface area contributed by atoms with Crippen molar-refractivity contribution in [3.63, 3.8) is 0 Å². The third-order valence-electron chi connectivity index (χ3n) is 2.90. The lowest BCUT2D eigenvalue weighted by Gasteiger charge is -2.36. The minimum absolute atomic E-state index is 0.318. The molecule has 1 aromatic carbocycles. The quantitative estimate of drug-likeness (QED) is 0.601. The second kappa shape index (κ2) is 4.91. The molecule has 0 aliphatic rings. The van der Waals surface area contributed by atoms with E-state index in [1.165, 1.54) is 0 Å². The van der Waals surface area contributed by atoms with Crippen LogP contribution in [-0.2, 0) is 5.60 Å². The summed E-state index contributed by atoms with van der Waals surface area (Å²) in [6.45, 7) is 12.6. The van der Waals surface area contributed by atoms with Crippen LogP contribution < -0.4 is 0 Å². The average Bonchev–Trinajstić information content (AvgIpc) is 2.24. The van der Waals surface area contributed by atoms with Crippen LogP contribution in [0, 0.1) is 16.9 Å². The number of benzene rings is 1. The molecule has 0 saturated heterocycles. The van der Waals surface area contributed by atoms with E-state index >= 15 is 0 Å². The van der Waals surface area contributed by atoms with Gasteiger partial charge in [0.25, 0.3) is 0 Å². The van der Waals surface area contributed by atoms with E-state index < -0.39 is 13.7 Å². The summed E-state index contributed by atoms with van der Waals surface area (Å²) in [5.41, 5.74) is 2.78. The maximum atomic E-state index is 11.0. The van der Waals surface area contributed by atoms with Gasteiger partial charge in [-0.05, 0) is 5.56 Å². The highest BCUT2D eigenvalue weighted by Gasteiger charge is 2.40. The van der Waals surface area contributed by atoms with E-state index in [-0.39, 0.29) is 5.41 Å². The average molecular weight is 260 g/mol. The van der Waals surface area contributed by atoms with E-state index in [9.17, 15) is 5.11 Å². The highest BCUT2D eigenvalue weighted by atomic mass is 28.3. The normalized spacial score (nSPS) is 15.5. The molecule has 0 spiro atoms. The van der Waals surface area contributed by atoms with Crippen molar-refractivity contribution in [2.24, 2.45) is 5.41 Å². The molecule has 1 atom stereocenters. The molecule has 0 aliphatic heterocycles. The summed E-state index contributed by atoms with van der Waals surface area (Å²) >= 11 is 0. The fraction of sp³-hybridized carbons (Fsp3) is 0.500. The van der Waals surface area contributed by atoms with Gasteiger partial charge in [-0.3, -0.25) is 0 Å². The Bertz CT molecular complexity index is 454. The zero-order valence-electron chi connectivity index (χ0n) is 12.3. The van der Waals surface area contributed by atoms with Gasteiger partial charge in [-0.1, -0.05) is 76.7 Å². The molecule has 0 aliphatic carbocycles. The summed E-state index contributed by atoms with van der Waals surface area (Å²) < 4.78 is 0. The molecule has 0 heterocycles. The Morgan fingerprint density at radius 3 is 1.89 bits per heavy atom. The lowest BCUT2D eigenvalue weighted by Crippen LogP contribution is -2.39. The molecule has 2 heteroatoms. The number of aliphatic hydroxyl groups is 1. The van der Waals surface area contributed by atoms with Crippen molar-refractivity contribution in [1.29, 1.82) is 0 Å². The first kappa shape index (κ1) is 15.0. The number of hydrogen-bond acceptors (Lipinski definition) is 1. The van der Waals surface area contributed by atoms with E-state index in [2.05, 4.69) is 31.1 Å². The smallest absolute Gasteiger partial charge is 0.155 e. The monoisotopic (exact) mass is 260 g/mol. The van der Waals surface area contributed by atoms with Gasteiger partial charge in [0.1, 0.15) is 8.07 Å². The standard InChI is InChI=1S/C16H24OSi/c1-15(2,3)16(17,12-13-18(4,5)6)14-10-8-7-9-11-14/h7-11,17H,1-6H3. The van der Waals surface area contributed by atoms with Crippen LogP contribution in [0.2, 0.25) is 19.6 Å². The van der Waals surface area contributed by atoms with Crippen molar-refractivity contribution in [3.05, 3.63) is 35.9 Å². The zero-order chi connectivity index (χ0) is 14.0. The Kier molecular flexibility index (Phi) is 4.10. The van der Waals surface area contributed by atoms with Gasteiger partial charge in [0.05, 0.1) is 0 Å². The molecule has 0 aromatic heterocycles. The minimum Gasteiger partial charge on any atom is -0.373 e. The first-order chi connectivity index (χ1) is 8.06. The highest BCUT2D eigenvalue weighted by Crippen LogP contribution is 2.38. The predicted octanol–water partition coefficient (Wildman–Crippen LogP) is 3.80. The van der Waals surface area contributed by atoms with Crippen molar-refractivity contribution in [1.82, 2.24) is 0 Å². The van der Waals surface area contributed by atoms with Crippen LogP contribution in [0.25, 0.3) is 0 Å². The maximum Gasteiger partial charge on any atom is 0.155 e. The SMILES string of the molecule is CC(C)(C)C(O)(C#C[Si](C)(C)C)c1ccccc1. The van der Waals surface area contributed by atoms with Crippen molar-refractivity contribution in [3.8, 4) is 11.5 Å². The van der Waals surface area contributed by atoms with Gasteiger partial charge in [-0.2, -0.15) is 0 Å². The zero-order valence-corrected chi connectivity index (χ0v) is 13.3. The second-order valence-electron chi connectivity index (χ2n) is 6.83. The van der Waals surface area contributed by atoms with Crippen LogP contribution in [-0.4, -0.2) is 13.2 Å². The summed E-state index contributed by atoms with van der Waals surface area (Å²) in [4.78, 5) is 0. The second-order valence-corrected chi connectivity index (χ2v) is 11.6. The molecule has 0 amide bonds. The van der Waals surface area contributed by atoms with Crippen LogP contribution >= 0.6 is 0 Å². The van der Waals surface area contributed by atoms with Crippen molar-refractivity contribution >= 4 is 8.07 Å². The third kappa shape index (κ3) is 3.47. The first-order valence-electron chi connectivity index (χ1n) is 6.38. The summed E-state index contributed by atoms with van der Waals surface area (Å²) in [5, 5.41) is 11.0. The van der Waals surface area contributed by atoms with E-state index in [0.29, 0.717) is 0 Å². The highest BCUT2D eigenvalue weighted by molar-refractivity contribution is 6.83. The van der Waals surface area contributed by atoms with E-state index in [1.54, 1.807) is 0 Å². The van der Waals surface area contributed by atoms with Gasteiger partial charge in [0.2, 0.25) is 0 Å². The number of hydrogen-bond donors (Lipinski definition) is 1. The largest absolute Gasteiger partial charge is 0.373 e. The molecule has 98 valence electrons. The number of rotatable bonds is 1. The van der Waals surface area contributed by atoms with Gasteiger partial charge >= 0.3 is 0 Å². The van der Waals surface area contributed by atoms with Crippen molar-refractivity contribution in [2.75, 3.05) is 0 Å². The lowest BCUT2D eigenvalue weighted by molar-refractivity contribution is -0.00895. The van der Waals surface area contributed by atoms with Gasteiger partial charge in [0, 0.05) is 5.41 Å². The molecule has 0 bridgehead atoms. The topological polar surface area (TPSA) is 20.2 Å². The van der Waals surface area contributed by atoms with Crippen LogP contribution in [0.15, 0.2) is 30.3 Å². The van der Waals surface area contributed by atoms with Crippen LogP contribution in [0.4, 0.5) is 0 Å². The molecule has 1 rings (SSSR count). The van der Waals surface area contributed by atoms with Gasteiger partial charge in [-0.15, -0.1) is 5.54 Å². The molecule has 0 saturated carbocycles. The Balaban J connectivity index is 3.33. The molecular weight excluding hydrogens is 236 g/mol. The van der Waals surface area contributed by atoms with Crippen LogP contribution in [0.3, 0.4) is 0 Å². The van der Waals surface area contributed by atoms with E-state index in [0.717, 1.165) is 5.56 Å². The minimum atomic E-state index is -1.50. The molecular formula is C16H24OSi. The van der Waals surface area contributed by atoms with Crippen LogP contribution in [0.1, 0.15) is 26.3 Å². The fourth-order valence-electron chi connectivity index (χ4n) is 1.65. The molecule has 18 heavy (non-hydrogen) atoms. The molecule has 1 nitrogen and oxygen atoms in total. The summed E-state index contributed by atoms with van der Waals surface area (Å²) in [7, 11) is -1.50. The van der Waals surface area contributed by atoms with Crippen molar-refractivity contribution in [2.45, 2.75) is 46.0 Å². The molecule has 0 radical (unpaired) electrons. The molecule has 0 fully saturated rings. The molecule has 1 N–H and O–H groups in total. The first-order valence-corrected chi connectivity index (χ1v) is 9.88. The molecule has 1 unspecified atom stereocenters. The molecule has 1 aromatic rings. The maximum absolute atomic E-state index is 11.0.